The van der Waals surface area contributed by atoms with Gasteiger partial charge in [-0.1, -0.05) is 55.3 Å². The third kappa shape index (κ3) is 5.57. The van der Waals surface area contributed by atoms with Crippen molar-refractivity contribution >= 4 is 5.91 Å². The van der Waals surface area contributed by atoms with E-state index in [1.165, 1.54) is 12.1 Å². The number of aryl methyl sites for hydroxylation is 1. The number of carbonyl (C=O) groups excluding carboxylic acids is 1. The summed E-state index contributed by atoms with van der Waals surface area (Å²) in [5, 5.41) is 4.82. The van der Waals surface area contributed by atoms with Crippen LogP contribution in [0, 0.1) is 18.7 Å². The Balaban J connectivity index is 1.56. The fourth-order valence-electron chi connectivity index (χ4n) is 5.02. The van der Waals surface area contributed by atoms with Gasteiger partial charge >= 0.3 is 0 Å². The summed E-state index contributed by atoms with van der Waals surface area (Å²) in [6, 6.07) is 23.6. The first-order chi connectivity index (χ1) is 18.5. The molecule has 0 unspecified atom stereocenters. The Morgan fingerprint density at radius 1 is 0.947 bits per heavy atom. The Hall–Kier alpha value is -4.13. The minimum Gasteiger partial charge on any atom is -0.493 e. The SMILES string of the molecule is COc1ccccc1Oc1c(CN(Cc2ccc(F)cc2)C(=O)C2CCCC2)c(C)nn1-c1ccccc1. The van der Waals surface area contributed by atoms with Crippen LogP contribution in [0.2, 0.25) is 0 Å². The molecule has 0 aliphatic heterocycles. The van der Waals surface area contributed by atoms with Crippen molar-refractivity contribution in [3.05, 3.63) is 102 Å². The summed E-state index contributed by atoms with van der Waals surface area (Å²) in [4.78, 5) is 15.6. The van der Waals surface area contributed by atoms with E-state index in [0.717, 1.165) is 48.2 Å². The third-order valence-corrected chi connectivity index (χ3v) is 7.07. The Morgan fingerprint density at radius 2 is 1.61 bits per heavy atom. The van der Waals surface area contributed by atoms with Crippen LogP contribution in [0.15, 0.2) is 78.9 Å². The van der Waals surface area contributed by atoms with Crippen molar-refractivity contribution in [3.63, 3.8) is 0 Å². The largest absolute Gasteiger partial charge is 0.493 e. The number of benzene rings is 3. The van der Waals surface area contributed by atoms with Crippen LogP contribution in [0.1, 0.15) is 42.5 Å². The molecule has 1 amide bonds. The van der Waals surface area contributed by atoms with E-state index in [9.17, 15) is 9.18 Å². The molecule has 0 atom stereocenters. The summed E-state index contributed by atoms with van der Waals surface area (Å²) in [7, 11) is 1.60. The molecule has 1 heterocycles. The normalized spacial score (nSPS) is 13.4. The highest BCUT2D eigenvalue weighted by Gasteiger charge is 2.30. The number of ether oxygens (including phenoxy) is 2. The molecule has 6 nitrogen and oxygen atoms in total. The molecular formula is C31H32FN3O3. The Morgan fingerprint density at radius 3 is 2.29 bits per heavy atom. The van der Waals surface area contributed by atoms with Crippen molar-refractivity contribution in [2.75, 3.05) is 7.11 Å². The van der Waals surface area contributed by atoms with Crippen molar-refractivity contribution in [3.8, 4) is 23.1 Å². The molecule has 0 radical (unpaired) electrons. The van der Waals surface area contributed by atoms with Gasteiger partial charge in [-0.05, 0) is 61.7 Å². The van der Waals surface area contributed by atoms with Gasteiger partial charge in [0.25, 0.3) is 0 Å². The van der Waals surface area contributed by atoms with Crippen molar-refractivity contribution in [2.45, 2.75) is 45.7 Å². The molecule has 5 rings (SSSR count). The van der Waals surface area contributed by atoms with Crippen LogP contribution >= 0.6 is 0 Å². The Bertz CT molecular complexity index is 1380. The highest BCUT2D eigenvalue weighted by molar-refractivity contribution is 5.79. The first kappa shape index (κ1) is 25.5. The maximum absolute atomic E-state index is 13.7. The quantitative estimate of drug-likeness (QED) is 0.246. The van der Waals surface area contributed by atoms with Crippen LogP contribution in [0.5, 0.6) is 17.4 Å². The maximum Gasteiger partial charge on any atom is 0.228 e. The van der Waals surface area contributed by atoms with Crippen LogP contribution in [-0.4, -0.2) is 27.7 Å². The lowest BCUT2D eigenvalue weighted by Crippen LogP contribution is -2.34. The van der Waals surface area contributed by atoms with E-state index in [1.807, 2.05) is 66.4 Å². The second-order valence-electron chi connectivity index (χ2n) is 9.67. The first-order valence-corrected chi connectivity index (χ1v) is 13.0. The molecule has 1 fully saturated rings. The first-order valence-electron chi connectivity index (χ1n) is 13.0. The number of amides is 1. The number of aromatic nitrogens is 2. The molecule has 3 aromatic carbocycles. The molecule has 196 valence electrons. The molecule has 7 heteroatoms. The summed E-state index contributed by atoms with van der Waals surface area (Å²) < 4.78 is 27.4. The van der Waals surface area contributed by atoms with Crippen LogP contribution in [0.3, 0.4) is 0 Å². The van der Waals surface area contributed by atoms with Gasteiger partial charge in [-0.2, -0.15) is 5.10 Å². The van der Waals surface area contributed by atoms with E-state index in [4.69, 9.17) is 14.6 Å². The fourth-order valence-corrected chi connectivity index (χ4v) is 5.02. The molecule has 1 aliphatic carbocycles. The average molecular weight is 514 g/mol. The second-order valence-corrected chi connectivity index (χ2v) is 9.67. The number of para-hydroxylation sites is 3. The number of hydrogen-bond acceptors (Lipinski definition) is 4. The van der Waals surface area contributed by atoms with Gasteiger partial charge in [0.15, 0.2) is 11.5 Å². The highest BCUT2D eigenvalue weighted by atomic mass is 19.1. The molecule has 38 heavy (non-hydrogen) atoms. The Labute approximate surface area is 222 Å². The van der Waals surface area contributed by atoms with Gasteiger partial charge in [-0.15, -0.1) is 0 Å². The molecule has 0 saturated heterocycles. The van der Waals surface area contributed by atoms with E-state index in [1.54, 1.807) is 23.9 Å². The smallest absolute Gasteiger partial charge is 0.228 e. The minimum absolute atomic E-state index is 0.00138. The molecule has 0 spiro atoms. The third-order valence-electron chi connectivity index (χ3n) is 7.07. The van der Waals surface area contributed by atoms with Crippen molar-refractivity contribution < 1.29 is 18.7 Å². The van der Waals surface area contributed by atoms with Gasteiger partial charge in [-0.3, -0.25) is 4.79 Å². The lowest BCUT2D eigenvalue weighted by molar-refractivity contribution is -0.136. The van der Waals surface area contributed by atoms with Crippen molar-refractivity contribution in [1.29, 1.82) is 0 Å². The zero-order valence-electron chi connectivity index (χ0n) is 21.8. The maximum atomic E-state index is 13.7. The summed E-state index contributed by atoms with van der Waals surface area (Å²) in [6.07, 6.45) is 3.92. The monoisotopic (exact) mass is 513 g/mol. The molecule has 1 saturated carbocycles. The van der Waals surface area contributed by atoms with E-state index in [0.29, 0.717) is 30.5 Å². The lowest BCUT2D eigenvalue weighted by atomic mass is 10.0. The number of hydrogen-bond donors (Lipinski definition) is 0. The summed E-state index contributed by atoms with van der Waals surface area (Å²) in [5.74, 6) is 1.50. The molecule has 4 aromatic rings. The summed E-state index contributed by atoms with van der Waals surface area (Å²) in [5.41, 5.74) is 3.30. The summed E-state index contributed by atoms with van der Waals surface area (Å²) in [6.45, 7) is 2.62. The predicted molar refractivity (Wildman–Crippen MR) is 144 cm³/mol. The number of rotatable bonds is 9. The van der Waals surface area contributed by atoms with Crippen molar-refractivity contribution in [1.82, 2.24) is 14.7 Å². The van der Waals surface area contributed by atoms with Crippen LogP contribution in [-0.2, 0) is 17.9 Å². The van der Waals surface area contributed by atoms with E-state index < -0.39 is 0 Å². The predicted octanol–water partition coefficient (Wildman–Crippen LogP) is 6.84. The van der Waals surface area contributed by atoms with Gasteiger partial charge in [0.1, 0.15) is 5.82 Å². The average Bonchev–Trinajstić information content (AvgIpc) is 3.59. The standard InChI is InChI=1S/C31H32FN3O3/c1-22-27(21-34(30(36)24-10-6-7-11-24)20-23-16-18-25(32)19-17-23)31(35(33-22)26-12-4-3-5-13-26)38-29-15-9-8-14-28(29)37-2/h3-5,8-9,12-19,24H,6-7,10-11,20-21H2,1-2H3. The van der Waals surface area contributed by atoms with E-state index >= 15 is 0 Å². The fraction of sp³-hybridized carbons (Fsp3) is 0.290. The van der Waals surface area contributed by atoms with Crippen LogP contribution < -0.4 is 9.47 Å². The van der Waals surface area contributed by atoms with Crippen LogP contribution in [0.4, 0.5) is 4.39 Å². The van der Waals surface area contributed by atoms with E-state index in [2.05, 4.69) is 0 Å². The lowest BCUT2D eigenvalue weighted by Gasteiger charge is -2.26. The number of nitrogens with zero attached hydrogens (tertiary/aromatic N) is 3. The summed E-state index contributed by atoms with van der Waals surface area (Å²) >= 11 is 0. The zero-order chi connectivity index (χ0) is 26.5. The second kappa shape index (κ2) is 11.5. The molecule has 0 N–H and O–H groups in total. The van der Waals surface area contributed by atoms with Gasteiger partial charge in [-0.25, -0.2) is 9.07 Å². The van der Waals surface area contributed by atoms with Gasteiger partial charge in [0.05, 0.1) is 30.6 Å². The molecular weight excluding hydrogens is 481 g/mol. The topological polar surface area (TPSA) is 56.6 Å². The van der Waals surface area contributed by atoms with Gasteiger partial charge < -0.3 is 14.4 Å². The van der Waals surface area contributed by atoms with Crippen molar-refractivity contribution in [2.24, 2.45) is 5.92 Å². The van der Waals surface area contributed by atoms with E-state index in [-0.39, 0.29) is 17.6 Å². The minimum atomic E-state index is -0.296. The number of carbonyl (C=O) groups is 1. The number of halogens is 1. The molecule has 0 bridgehead atoms. The Kier molecular flexibility index (Phi) is 7.73. The van der Waals surface area contributed by atoms with Gasteiger partial charge in [0, 0.05) is 12.5 Å². The zero-order valence-corrected chi connectivity index (χ0v) is 21.8. The molecule has 1 aromatic heterocycles. The molecule has 1 aliphatic rings. The van der Waals surface area contributed by atoms with Gasteiger partial charge in [0.2, 0.25) is 11.8 Å². The van der Waals surface area contributed by atoms with Crippen LogP contribution in [0.25, 0.3) is 5.69 Å². The number of methoxy groups -OCH3 is 1. The highest BCUT2D eigenvalue weighted by Crippen LogP contribution is 2.37.